The van der Waals surface area contributed by atoms with E-state index in [0.717, 1.165) is 47.3 Å². The zero-order valence-corrected chi connectivity index (χ0v) is 20.8. The van der Waals surface area contributed by atoms with Crippen molar-refractivity contribution in [2.24, 2.45) is 5.92 Å². The van der Waals surface area contributed by atoms with Crippen LogP contribution in [-0.4, -0.2) is 46.5 Å². The first kappa shape index (κ1) is 24.1. The van der Waals surface area contributed by atoms with E-state index < -0.39 is 0 Å². The normalized spacial score (nSPS) is 14.1. The lowest BCUT2D eigenvalue weighted by Crippen LogP contribution is -2.27. The Hall–Kier alpha value is -3.56. The highest BCUT2D eigenvalue weighted by Gasteiger charge is 2.13. The fraction of sp³-hybridized carbons (Fsp3) is 0.333. The lowest BCUT2D eigenvalue weighted by atomic mass is 9.93. The van der Waals surface area contributed by atoms with Crippen LogP contribution in [0.2, 0.25) is 0 Å². The molecule has 3 aromatic heterocycles. The van der Waals surface area contributed by atoms with Gasteiger partial charge in [-0.3, -0.25) is 19.1 Å². The van der Waals surface area contributed by atoms with Crippen molar-refractivity contribution >= 4 is 39.8 Å². The van der Waals surface area contributed by atoms with Crippen LogP contribution >= 0.6 is 11.3 Å². The number of thiophene rings is 1. The molecule has 0 unspecified atom stereocenters. The second-order valence-corrected chi connectivity index (χ2v) is 9.96. The Morgan fingerprint density at radius 1 is 1.25 bits per heavy atom. The average Bonchev–Trinajstić information content (AvgIpc) is 3.54. The number of anilines is 1. The smallest absolute Gasteiger partial charge is 0.229 e. The number of nitrogens with zero attached hydrogens (tertiary/aromatic N) is 3. The molecule has 0 bridgehead atoms. The molecule has 2 N–H and O–H groups in total. The number of carbonyl (C=O) groups is 2. The van der Waals surface area contributed by atoms with Gasteiger partial charge in [0.15, 0.2) is 5.65 Å². The van der Waals surface area contributed by atoms with Gasteiger partial charge in [0.25, 0.3) is 0 Å². The molecule has 186 valence electrons. The number of nitrogens with one attached hydrogen (secondary N) is 2. The number of rotatable bonds is 10. The van der Waals surface area contributed by atoms with E-state index in [2.05, 4.69) is 20.6 Å². The minimum absolute atomic E-state index is 0.0946. The second-order valence-electron chi connectivity index (χ2n) is 9.05. The Labute approximate surface area is 213 Å². The first-order valence-corrected chi connectivity index (χ1v) is 13.2. The fourth-order valence-electron chi connectivity index (χ4n) is 4.52. The van der Waals surface area contributed by atoms with E-state index in [1.165, 1.54) is 35.2 Å². The molecule has 4 aromatic rings. The Morgan fingerprint density at radius 3 is 3.00 bits per heavy atom. The van der Waals surface area contributed by atoms with Gasteiger partial charge in [0.2, 0.25) is 12.3 Å². The zero-order chi connectivity index (χ0) is 24.7. The van der Waals surface area contributed by atoms with Crippen LogP contribution in [0.25, 0.3) is 22.4 Å². The third-order valence-corrected chi connectivity index (χ3v) is 7.28. The SMILES string of the molecule is O=Cn1ccc2ncc(-c3csc(NC(=O)Cc4cccc(OCCCC5CCNCC5)c4)c3)nc21. The molecule has 8 nitrogen and oxygen atoms in total. The van der Waals surface area contributed by atoms with E-state index in [4.69, 9.17) is 4.74 Å². The Morgan fingerprint density at radius 2 is 2.14 bits per heavy atom. The predicted molar refractivity (Wildman–Crippen MR) is 142 cm³/mol. The zero-order valence-electron chi connectivity index (χ0n) is 20.0. The monoisotopic (exact) mass is 503 g/mol. The van der Waals surface area contributed by atoms with Crippen LogP contribution in [0.5, 0.6) is 5.75 Å². The van der Waals surface area contributed by atoms with E-state index >= 15 is 0 Å². The summed E-state index contributed by atoms with van der Waals surface area (Å²) in [6.45, 7) is 2.95. The van der Waals surface area contributed by atoms with Crippen molar-refractivity contribution in [1.29, 1.82) is 0 Å². The molecule has 0 spiro atoms. The number of amides is 1. The predicted octanol–water partition coefficient (Wildman–Crippen LogP) is 4.54. The molecule has 0 aliphatic carbocycles. The third kappa shape index (κ3) is 5.98. The quantitative estimate of drug-likeness (QED) is 0.244. The maximum absolute atomic E-state index is 12.7. The number of benzene rings is 1. The van der Waals surface area contributed by atoms with Gasteiger partial charge in [-0.2, -0.15) is 0 Å². The highest BCUT2D eigenvalue weighted by Crippen LogP contribution is 2.29. The van der Waals surface area contributed by atoms with Crippen LogP contribution in [0.4, 0.5) is 5.00 Å². The van der Waals surface area contributed by atoms with Gasteiger partial charge < -0.3 is 15.4 Å². The molecule has 1 saturated heterocycles. The van der Waals surface area contributed by atoms with Crippen molar-refractivity contribution in [2.75, 3.05) is 25.0 Å². The summed E-state index contributed by atoms with van der Waals surface area (Å²) >= 11 is 1.42. The van der Waals surface area contributed by atoms with Crippen molar-refractivity contribution in [3.63, 3.8) is 0 Å². The summed E-state index contributed by atoms with van der Waals surface area (Å²) in [5.41, 5.74) is 3.55. The van der Waals surface area contributed by atoms with E-state index in [9.17, 15) is 9.59 Å². The number of ether oxygens (including phenoxy) is 1. The number of fused-ring (bicyclic) bond motifs is 1. The van der Waals surface area contributed by atoms with Crippen LogP contribution in [0, 0.1) is 5.92 Å². The van der Waals surface area contributed by atoms with Gasteiger partial charge in [-0.15, -0.1) is 11.3 Å². The second kappa shape index (κ2) is 11.5. The number of hydrogen-bond donors (Lipinski definition) is 2. The maximum Gasteiger partial charge on any atom is 0.229 e. The molecular formula is C27H29N5O3S. The number of hydrogen-bond acceptors (Lipinski definition) is 7. The molecule has 1 fully saturated rings. The molecule has 1 aromatic carbocycles. The molecule has 0 saturated carbocycles. The molecule has 0 radical (unpaired) electrons. The van der Waals surface area contributed by atoms with Gasteiger partial charge in [-0.25, -0.2) is 4.98 Å². The molecular weight excluding hydrogens is 474 g/mol. The van der Waals surface area contributed by atoms with Crippen LogP contribution in [0.15, 0.2) is 54.2 Å². The Kier molecular flexibility index (Phi) is 7.68. The molecule has 36 heavy (non-hydrogen) atoms. The molecule has 5 rings (SSSR count). The first-order chi connectivity index (χ1) is 17.7. The van der Waals surface area contributed by atoms with Crippen LogP contribution in [0.1, 0.15) is 31.2 Å². The van der Waals surface area contributed by atoms with Gasteiger partial charge in [-0.05, 0) is 74.5 Å². The highest BCUT2D eigenvalue weighted by atomic mass is 32.1. The third-order valence-electron chi connectivity index (χ3n) is 6.44. The minimum Gasteiger partial charge on any atom is -0.494 e. The van der Waals surface area contributed by atoms with E-state index in [0.29, 0.717) is 29.9 Å². The first-order valence-electron chi connectivity index (χ1n) is 12.3. The average molecular weight is 504 g/mol. The van der Waals surface area contributed by atoms with Crippen molar-refractivity contribution in [2.45, 2.75) is 32.1 Å². The molecule has 4 heterocycles. The van der Waals surface area contributed by atoms with Gasteiger partial charge in [0.1, 0.15) is 11.3 Å². The highest BCUT2D eigenvalue weighted by molar-refractivity contribution is 7.14. The van der Waals surface area contributed by atoms with Crippen molar-refractivity contribution in [3.8, 4) is 17.0 Å². The maximum atomic E-state index is 12.7. The van der Waals surface area contributed by atoms with Gasteiger partial charge in [-0.1, -0.05) is 12.1 Å². The standard InChI is InChI=1S/C27H29N5O3S/c33-18-32-11-8-23-27(32)30-24(16-29-23)21-15-26(36-17-21)31-25(34)14-20-3-1-5-22(13-20)35-12-2-4-19-6-9-28-10-7-19/h1,3,5,8,11,13,15-19,28H,2,4,6-7,9-10,12,14H2,(H,31,34). The number of carbonyl (C=O) groups excluding carboxylic acids is 2. The summed E-state index contributed by atoms with van der Waals surface area (Å²) < 4.78 is 7.35. The van der Waals surface area contributed by atoms with Crippen LogP contribution in [-0.2, 0) is 16.0 Å². The number of aromatic nitrogens is 3. The van der Waals surface area contributed by atoms with Crippen LogP contribution < -0.4 is 15.4 Å². The van der Waals surface area contributed by atoms with Crippen molar-refractivity contribution in [3.05, 3.63) is 59.7 Å². The summed E-state index contributed by atoms with van der Waals surface area (Å²) in [6.07, 6.45) is 9.04. The van der Waals surface area contributed by atoms with E-state index in [-0.39, 0.29) is 12.3 Å². The fourth-order valence-corrected chi connectivity index (χ4v) is 5.33. The molecule has 9 heteroatoms. The number of piperidine rings is 1. The topological polar surface area (TPSA) is 98.1 Å². The summed E-state index contributed by atoms with van der Waals surface area (Å²) in [4.78, 5) is 32.8. The van der Waals surface area contributed by atoms with Gasteiger partial charge >= 0.3 is 0 Å². The Bertz CT molecular complexity index is 1340. The van der Waals surface area contributed by atoms with Gasteiger partial charge in [0.05, 0.1) is 29.9 Å². The molecule has 1 aliphatic heterocycles. The summed E-state index contributed by atoms with van der Waals surface area (Å²) in [5, 5.41) is 9.02. The largest absolute Gasteiger partial charge is 0.494 e. The molecule has 1 amide bonds. The molecule has 0 atom stereocenters. The summed E-state index contributed by atoms with van der Waals surface area (Å²) in [6, 6.07) is 11.4. The lowest BCUT2D eigenvalue weighted by Gasteiger charge is -2.22. The minimum atomic E-state index is -0.0946. The van der Waals surface area contributed by atoms with E-state index in [1.54, 1.807) is 18.5 Å². The summed E-state index contributed by atoms with van der Waals surface area (Å²) in [5.74, 6) is 1.52. The molecule has 1 aliphatic rings. The van der Waals surface area contributed by atoms with Gasteiger partial charge in [0, 0.05) is 17.1 Å². The van der Waals surface area contributed by atoms with E-state index in [1.807, 2.05) is 35.7 Å². The van der Waals surface area contributed by atoms with Crippen molar-refractivity contribution in [1.82, 2.24) is 19.9 Å². The summed E-state index contributed by atoms with van der Waals surface area (Å²) in [7, 11) is 0. The van der Waals surface area contributed by atoms with Crippen LogP contribution in [0.3, 0.4) is 0 Å². The lowest BCUT2D eigenvalue weighted by molar-refractivity contribution is -0.115. The van der Waals surface area contributed by atoms with Crippen molar-refractivity contribution < 1.29 is 14.3 Å². The Balaban J connectivity index is 1.13.